The minimum Gasteiger partial charge on any atom is -0.459 e. The second-order valence-corrected chi connectivity index (χ2v) is 6.67. The molecule has 11 nitrogen and oxygen atoms in total. The Labute approximate surface area is 181 Å². The van der Waals surface area contributed by atoms with Crippen molar-refractivity contribution < 1.29 is 18.8 Å². The average molecular weight is 431 g/mol. The molecule has 0 saturated heterocycles. The van der Waals surface area contributed by atoms with Gasteiger partial charge >= 0.3 is 0 Å². The average Bonchev–Trinajstić information content (AvgIpc) is 3.53. The van der Waals surface area contributed by atoms with Gasteiger partial charge in [-0.25, -0.2) is 4.68 Å². The smallest absolute Gasteiger partial charge is 0.291 e. The summed E-state index contributed by atoms with van der Waals surface area (Å²) in [4.78, 5) is 37.0. The normalized spacial score (nSPS) is 10.4. The van der Waals surface area contributed by atoms with E-state index in [1.54, 1.807) is 49.4 Å². The van der Waals surface area contributed by atoms with E-state index in [9.17, 15) is 14.4 Å². The van der Waals surface area contributed by atoms with Crippen molar-refractivity contribution in [3.8, 4) is 5.69 Å². The molecule has 2 heterocycles. The fourth-order valence-corrected chi connectivity index (χ4v) is 2.79. The number of furan rings is 1. The lowest BCUT2D eigenvalue weighted by atomic mass is 10.1. The molecule has 0 radical (unpaired) electrons. The third-order valence-electron chi connectivity index (χ3n) is 4.53. The minimum absolute atomic E-state index is 0.151. The molecule has 11 heteroatoms. The Morgan fingerprint density at radius 1 is 0.906 bits per heavy atom. The highest BCUT2D eigenvalue weighted by Crippen LogP contribution is 2.18. The largest absolute Gasteiger partial charge is 0.459 e. The summed E-state index contributed by atoms with van der Waals surface area (Å²) in [6.45, 7) is 1.79. The predicted octanol–water partition coefficient (Wildman–Crippen LogP) is 1.89. The molecule has 4 rings (SSSR count). The molecule has 3 N–H and O–H groups in total. The van der Waals surface area contributed by atoms with Crippen molar-refractivity contribution in [2.45, 2.75) is 6.92 Å². The van der Waals surface area contributed by atoms with Crippen LogP contribution in [0.25, 0.3) is 5.69 Å². The fraction of sp³-hybridized carbons (Fsp3) is 0.0476. The summed E-state index contributed by atoms with van der Waals surface area (Å²) < 4.78 is 6.52. The molecule has 0 spiro atoms. The molecule has 0 aliphatic carbocycles. The molecule has 4 aromatic rings. The highest BCUT2D eigenvalue weighted by Gasteiger charge is 2.14. The number of benzene rings is 2. The predicted molar refractivity (Wildman–Crippen MR) is 112 cm³/mol. The number of carbonyl (C=O) groups excluding carboxylic acids is 3. The molecule has 0 fully saturated rings. The first-order valence-electron chi connectivity index (χ1n) is 9.41. The number of rotatable bonds is 5. The van der Waals surface area contributed by atoms with Gasteiger partial charge in [0.05, 0.1) is 12.0 Å². The van der Waals surface area contributed by atoms with E-state index in [-0.39, 0.29) is 11.3 Å². The van der Waals surface area contributed by atoms with E-state index < -0.39 is 17.7 Å². The van der Waals surface area contributed by atoms with Crippen molar-refractivity contribution in [3.05, 3.63) is 89.6 Å². The molecule has 0 aliphatic rings. The van der Waals surface area contributed by atoms with Gasteiger partial charge in [0.2, 0.25) is 0 Å². The number of tetrazole rings is 1. The van der Waals surface area contributed by atoms with Crippen LogP contribution >= 0.6 is 0 Å². The maximum atomic E-state index is 12.5. The second kappa shape index (κ2) is 8.92. The van der Waals surface area contributed by atoms with Crippen molar-refractivity contribution in [2.24, 2.45) is 0 Å². The molecular formula is C21H17N7O4. The van der Waals surface area contributed by atoms with Crippen LogP contribution < -0.4 is 16.2 Å². The molecule has 0 aliphatic heterocycles. The van der Waals surface area contributed by atoms with Gasteiger partial charge in [-0.15, -0.1) is 5.10 Å². The second-order valence-electron chi connectivity index (χ2n) is 6.67. The van der Waals surface area contributed by atoms with Gasteiger partial charge in [0.15, 0.2) is 5.76 Å². The first-order valence-corrected chi connectivity index (χ1v) is 9.41. The number of carbonyl (C=O) groups is 3. The zero-order valence-corrected chi connectivity index (χ0v) is 16.8. The summed E-state index contributed by atoms with van der Waals surface area (Å²) in [5.41, 5.74) is 7.19. The Kier molecular flexibility index (Phi) is 5.70. The van der Waals surface area contributed by atoms with E-state index >= 15 is 0 Å². The van der Waals surface area contributed by atoms with Gasteiger partial charge in [-0.3, -0.25) is 25.2 Å². The van der Waals surface area contributed by atoms with Gasteiger partial charge in [0.25, 0.3) is 17.7 Å². The van der Waals surface area contributed by atoms with Crippen LogP contribution in [0.4, 0.5) is 5.69 Å². The van der Waals surface area contributed by atoms with Crippen molar-refractivity contribution in [1.82, 2.24) is 31.1 Å². The number of amides is 3. The van der Waals surface area contributed by atoms with Crippen LogP contribution in [0.1, 0.15) is 36.8 Å². The van der Waals surface area contributed by atoms with Gasteiger partial charge in [0, 0.05) is 16.8 Å². The third kappa shape index (κ3) is 4.51. The molecule has 160 valence electrons. The third-order valence-corrected chi connectivity index (χ3v) is 4.53. The molecular weight excluding hydrogens is 414 g/mol. The Bertz CT molecular complexity index is 1250. The molecule has 3 amide bonds. The summed E-state index contributed by atoms with van der Waals surface area (Å²) in [5, 5.41) is 13.6. The van der Waals surface area contributed by atoms with Gasteiger partial charge in [-0.2, -0.15) is 0 Å². The topological polar surface area (TPSA) is 144 Å². The lowest BCUT2D eigenvalue weighted by Gasteiger charge is -2.11. The highest BCUT2D eigenvalue weighted by molar-refractivity contribution is 6.04. The van der Waals surface area contributed by atoms with E-state index in [0.29, 0.717) is 16.9 Å². The lowest BCUT2D eigenvalue weighted by Crippen LogP contribution is -2.41. The maximum absolute atomic E-state index is 12.5. The summed E-state index contributed by atoms with van der Waals surface area (Å²) in [7, 11) is 0. The summed E-state index contributed by atoms with van der Waals surface area (Å²) in [5.74, 6) is -1.33. The van der Waals surface area contributed by atoms with E-state index in [0.717, 1.165) is 5.56 Å². The molecule has 2 aromatic heterocycles. The zero-order valence-electron chi connectivity index (χ0n) is 16.8. The quantitative estimate of drug-likeness (QED) is 0.409. The Morgan fingerprint density at radius 2 is 1.62 bits per heavy atom. The summed E-state index contributed by atoms with van der Waals surface area (Å²) in [6, 6.07) is 14.4. The molecule has 32 heavy (non-hydrogen) atoms. The van der Waals surface area contributed by atoms with Gasteiger partial charge in [-0.05, 0) is 71.4 Å². The Balaban J connectivity index is 1.38. The van der Waals surface area contributed by atoms with Crippen LogP contribution in [0.2, 0.25) is 0 Å². The standard InChI is InChI=1S/C21H17N7O4/c1-13-4-5-15(11-17(13)23-21(31)18-3-2-10-32-18)20(30)25-24-19(29)14-6-8-16(9-7-14)28-12-22-26-27-28/h2-12H,1H3,(H,23,31)(H,24,29)(H,25,30). The van der Waals surface area contributed by atoms with Gasteiger partial charge in [-0.1, -0.05) is 6.07 Å². The molecule has 0 bridgehead atoms. The van der Waals surface area contributed by atoms with Gasteiger partial charge in [0.1, 0.15) is 6.33 Å². The number of hydrogen-bond donors (Lipinski definition) is 3. The van der Waals surface area contributed by atoms with Crippen molar-refractivity contribution in [3.63, 3.8) is 0 Å². The Hall–Kier alpha value is -4.80. The number of hydrogen-bond acceptors (Lipinski definition) is 7. The maximum Gasteiger partial charge on any atom is 0.291 e. The van der Waals surface area contributed by atoms with Crippen molar-refractivity contribution in [1.29, 1.82) is 0 Å². The zero-order chi connectivity index (χ0) is 22.5. The molecule has 0 saturated carbocycles. The number of anilines is 1. The number of aromatic nitrogens is 4. The number of nitrogens with zero attached hydrogens (tertiary/aromatic N) is 4. The SMILES string of the molecule is Cc1ccc(C(=O)NNC(=O)c2ccc(-n3cnnn3)cc2)cc1NC(=O)c1ccco1. The lowest BCUT2D eigenvalue weighted by molar-refractivity contribution is 0.0846. The summed E-state index contributed by atoms with van der Waals surface area (Å²) >= 11 is 0. The van der Waals surface area contributed by atoms with Crippen LogP contribution in [-0.2, 0) is 0 Å². The number of hydrazine groups is 1. The first kappa shape index (κ1) is 20.5. The minimum atomic E-state index is -0.544. The van der Waals surface area contributed by atoms with Crippen LogP contribution in [0, 0.1) is 6.92 Å². The van der Waals surface area contributed by atoms with E-state index in [2.05, 4.69) is 31.7 Å². The number of aryl methyl sites for hydroxylation is 1. The number of nitrogens with one attached hydrogen (secondary N) is 3. The Morgan fingerprint density at radius 3 is 2.28 bits per heavy atom. The van der Waals surface area contributed by atoms with Crippen molar-refractivity contribution >= 4 is 23.4 Å². The monoisotopic (exact) mass is 431 g/mol. The fourth-order valence-electron chi connectivity index (χ4n) is 2.79. The summed E-state index contributed by atoms with van der Waals surface area (Å²) in [6.07, 6.45) is 2.83. The first-order chi connectivity index (χ1) is 15.5. The van der Waals surface area contributed by atoms with Crippen LogP contribution in [0.5, 0.6) is 0 Å². The highest BCUT2D eigenvalue weighted by atomic mass is 16.3. The molecule has 0 atom stereocenters. The van der Waals surface area contributed by atoms with Crippen molar-refractivity contribution in [2.75, 3.05) is 5.32 Å². The van der Waals surface area contributed by atoms with Crippen LogP contribution in [0.3, 0.4) is 0 Å². The molecule has 2 aromatic carbocycles. The van der Waals surface area contributed by atoms with E-state index in [4.69, 9.17) is 4.42 Å². The van der Waals surface area contributed by atoms with Crippen LogP contribution in [-0.4, -0.2) is 37.9 Å². The molecule has 0 unspecified atom stereocenters. The van der Waals surface area contributed by atoms with E-state index in [1.807, 2.05) is 0 Å². The van der Waals surface area contributed by atoms with E-state index in [1.165, 1.54) is 29.4 Å². The van der Waals surface area contributed by atoms with Gasteiger partial charge < -0.3 is 9.73 Å². The van der Waals surface area contributed by atoms with Crippen LogP contribution in [0.15, 0.2) is 71.6 Å².